The van der Waals surface area contributed by atoms with Crippen molar-refractivity contribution in [2.24, 2.45) is 5.92 Å². The van der Waals surface area contributed by atoms with E-state index in [1.54, 1.807) is 0 Å². The highest BCUT2D eigenvalue weighted by Crippen LogP contribution is 2.30. The smallest absolute Gasteiger partial charge is 0.215 e. The Labute approximate surface area is 99.9 Å². The van der Waals surface area contributed by atoms with Gasteiger partial charge in [0.15, 0.2) is 8.24 Å². The highest BCUT2D eigenvalue weighted by Gasteiger charge is 2.31. The Kier molecular flexibility index (Phi) is 3.78. The van der Waals surface area contributed by atoms with Crippen molar-refractivity contribution in [1.82, 2.24) is 4.98 Å². The third-order valence-corrected chi connectivity index (χ3v) is 6.08. The van der Waals surface area contributed by atoms with E-state index in [0.717, 1.165) is 6.42 Å². The van der Waals surface area contributed by atoms with Crippen LogP contribution in [-0.4, -0.2) is 14.1 Å². The molecule has 0 bridgehead atoms. The van der Waals surface area contributed by atoms with Crippen molar-refractivity contribution in [2.75, 3.05) is 0 Å². The summed E-state index contributed by atoms with van der Waals surface area (Å²) in [6.07, 6.45) is 3.31. The predicted octanol–water partition coefficient (Wildman–Crippen LogP) is 3.17. The van der Waals surface area contributed by atoms with Gasteiger partial charge in [0.2, 0.25) is 5.91 Å². The molecule has 1 N–H and O–H groups in total. The normalized spacial score (nSPS) is 16.8. The summed E-state index contributed by atoms with van der Waals surface area (Å²) in [7, 11) is -1.76. The zero-order valence-electron chi connectivity index (χ0n) is 11.3. The summed E-state index contributed by atoms with van der Waals surface area (Å²) in [5.41, 5.74) is 2.81. The molecule has 0 saturated heterocycles. The fraction of sp³-hybridized carbons (Fsp3) is 0.615. The van der Waals surface area contributed by atoms with Crippen LogP contribution >= 0.6 is 0 Å². The summed E-state index contributed by atoms with van der Waals surface area (Å²) in [6.45, 7) is 12.6. The minimum absolute atomic E-state index is 0.0731. The first-order chi connectivity index (χ1) is 7.24. The number of carbonyl (C=O) groups excluding carboxylic acids is 1. The van der Waals surface area contributed by atoms with Crippen molar-refractivity contribution in [2.45, 2.75) is 47.2 Å². The number of allylic oxidation sites excluding steroid dienone is 4. The maximum atomic E-state index is 11.8. The van der Waals surface area contributed by atoms with E-state index in [-0.39, 0.29) is 11.8 Å². The molecule has 1 amide bonds. The summed E-state index contributed by atoms with van der Waals surface area (Å²) in [4.78, 5) is 15.0. The zero-order chi connectivity index (χ0) is 12.5. The third-order valence-electron chi connectivity index (χ3n) is 3.28. The average Bonchev–Trinajstić information content (AvgIpc) is 2.47. The van der Waals surface area contributed by atoms with E-state index in [1.165, 1.54) is 16.3 Å². The molecule has 0 saturated carbocycles. The maximum absolute atomic E-state index is 11.8. The molecule has 0 unspecified atom stereocenters. The fourth-order valence-electron chi connectivity index (χ4n) is 1.79. The lowest BCUT2D eigenvalue weighted by Crippen LogP contribution is -2.51. The van der Waals surface area contributed by atoms with E-state index < -0.39 is 8.24 Å². The second-order valence-corrected chi connectivity index (χ2v) is 9.72. The molecule has 1 rings (SSSR count). The van der Waals surface area contributed by atoms with Gasteiger partial charge in [-0.2, -0.15) is 0 Å². The van der Waals surface area contributed by atoms with Gasteiger partial charge < -0.3 is 4.98 Å². The van der Waals surface area contributed by atoms with Crippen LogP contribution in [0.25, 0.3) is 0 Å². The van der Waals surface area contributed by atoms with Crippen molar-refractivity contribution in [1.29, 1.82) is 0 Å². The molecule has 0 heterocycles. The van der Waals surface area contributed by atoms with Crippen LogP contribution in [0.1, 0.15) is 34.1 Å². The van der Waals surface area contributed by atoms with Crippen LogP contribution in [0, 0.1) is 5.92 Å². The monoisotopic (exact) mass is 237 g/mol. The second kappa shape index (κ2) is 4.58. The summed E-state index contributed by atoms with van der Waals surface area (Å²) in [6, 6.07) is 0. The van der Waals surface area contributed by atoms with Gasteiger partial charge in [0, 0.05) is 5.92 Å². The molecular weight excluding hydrogens is 214 g/mol. The third kappa shape index (κ3) is 2.85. The lowest BCUT2D eigenvalue weighted by atomic mass is 10.2. The molecule has 0 spiro atoms. The lowest BCUT2D eigenvalue weighted by Gasteiger charge is -2.26. The molecule has 1 aliphatic rings. The van der Waals surface area contributed by atoms with E-state index >= 15 is 0 Å². The molecule has 0 aromatic carbocycles. The van der Waals surface area contributed by atoms with Gasteiger partial charge in [0.1, 0.15) is 0 Å². The predicted molar refractivity (Wildman–Crippen MR) is 71.5 cm³/mol. The van der Waals surface area contributed by atoms with Crippen molar-refractivity contribution in [3.8, 4) is 0 Å². The van der Waals surface area contributed by atoms with Gasteiger partial charge in [-0.15, -0.1) is 0 Å². The molecule has 3 heteroatoms. The van der Waals surface area contributed by atoms with Gasteiger partial charge in [-0.1, -0.05) is 36.3 Å². The number of nitrogens with one attached hydrogen (secondary N) is 1. The molecule has 0 atom stereocenters. The molecule has 0 aromatic heterocycles. The Morgan fingerprint density at radius 3 is 2.31 bits per heavy atom. The highest BCUT2D eigenvalue weighted by atomic mass is 28.3. The van der Waals surface area contributed by atoms with Crippen LogP contribution in [-0.2, 0) is 4.79 Å². The Hall–Kier alpha value is -0.833. The van der Waals surface area contributed by atoms with Crippen molar-refractivity contribution >= 4 is 14.1 Å². The number of amides is 1. The highest BCUT2D eigenvalue weighted by molar-refractivity contribution is 6.84. The first-order valence-electron chi connectivity index (χ1n) is 5.93. The van der Waals surface area contributed by atoms with Gasteiger partial charge in [-0.3, -0.25) is 4.79 Å². The standard InChI is InChI=1S/C13H23NOSi/c1-9(2)13(15)14-16(5,6)12-7-10(3)11(4)8-12/h7,9H,8H2,1-6H3,(H,14,15). The van der Waals surface area contributed by atoms with Crippen molar-refractivity contribution < 1.29 is 4.79 Å². The maximum Gasteiger partial charge on any atom is 0.215 e. The number of carbonyl (C=O) groups is 1. The molecule has 16 heavy (non-hydrogen) atoms. The van der Waals surface area contributed by atoms with Gasteiger partial charge in [-0.05, 0) is 33.4 Å². The van der Waals surface area contributed by atoms with Crippen molar-refractivity contribution in [3.05, 3.63) is 22.4 Å². The van der Waals surface area contributed by atoms with Gasteiger partial charge in [0.25, 0.3) is 0 Å². The van der Waals surface area contributed by atoms with Crippen LogP contribution in [0.15, 0.2) is 22.4 Å². The Morgan fingerprint density at radius 2 is 1.94 bits per heavy atom. The number of rotatable bonds is 3. The van der Waals surface area contributed by atoms with Crippen LogP contribution in [0.3, 0.4) is 0 Å². The fourth-order valence-corrected chi connectivity index (χ4v) is 4.14. The minimum Gasteiger partial charge on any atom is -0.378 e. The van der Waals surface area contributed by atoms with Gasteiger partial charge in [0.05, 0.1) is 0 Å². The molecule has 0 radical (unpaired) electrons. The molecule has 1 aliphatic carbocycles. The summed E-state index contributed by atoms with van der Waals surface area (Å²) in [5, 5.41) is 1.44. The average molecular weight is 237 g/mol. The largest absolute Gasteiger partial charge is 0.378 e. The SMILES string of the molecule is CC1=C(C)CC([Si](C)(C)NC(=O)C(C)C)=C1. The first-order valence-corrected chi connectivity index (χ1v) is 8.93. The van der Waals surface area contributed by atoms with Gasteiger partial charge in [-0.25, -0.2) is 0 Å². The Balaban J connectivity index is 2.74. The zero-order valence-corrected chi connectivity index (χ0v) is 12.3. The second-order valence-electron chi connectivity index (χ2n) is 5.58. The summed E-state index contributed by atoms with van der Waals surface area (Å²) >= 11 is 0. The molecule has 0 aliphatic heterocycles. The minimum atomic E-state index is -1.76. The molecule has 90 valence electrons. The molecule has 0 aromatic rings. The van der Waals surface area contributed by atoms with Crippen molar-refractivity contribution in [3.63, 3.8) is 0 Å². The van der Waals surface area contributed by atoms with Crippen LogP contribution in [0.2, 0.25) is 13.1 Å². The van der Waals surface area contributed by atoms with Crippen LogP contribution in [0.5, 0.6) is 0 Å². The van der Waals surface area contributed by atoms with E-state index in [2.05, 4.69) is 38.0 Å². The summed E-state index contributed by atoms with van der Waals surface area (Å²) in [5.74, 6) is 0.253. The number of hydrogen-bond acceptors (Lipinski definition) is 1. The first kappa shape index (κ1) is 13.2. The van der Waals surface area contributed by atoms with Gasteiger partial charge >= 0.3 is 0 Å². The lowest BCUT2D eigenvalue weighted by molar-refractivity contribution is -0.122. The molecular formula is C13H23NOSi. The van der Waals surface area contributed by atoms with E-state index in [4.69, 9.17) is 0 Å². The van der Waals surface area contributed by atoms with E-state index in [9.17, 15) is 4.79 Å². The van der Waals surface area contributed by atoms with Crippen LogP contribution < -0.4 is 4.98 Å². The quantitative estimate of drug-likeness (QED) is 0.751. The Bertz CT molecular complexity index is 364. The molecule has 0 fully saturated rings. The summed E-state index contributed by atoms with van der Waals surface area (Å²) < 4.78 is 0. The Morgan fingerprint density at radius 1 is 1.38 bits per heavy atom. The molecule has 2 nitrogen and oxygen atoms in total. The van der Waals surface area contributed by atoms with E-state index in [1.807, 2.05) is 13.8 Å². The topological polar surface area (TPSA) is 29.1 Å². The number of hydrogen-bond donors (Lipinski definition) is 1. The van der Waals surface area contributed by atoms with E-state index in [0.29, 0.717) is 0 Å². The van der Waals surface area contributed by atoms with Crippen LogP contribution in [0.4, 0.5) is 0 Å².